The second-order valence-electron chi connectivity index (χ2n) is 11.7. The highest BCUT2D eigenvalue weighted by atomic mass is 16.7. The Bertz CT molecular complexity index is 1700. The highest BCUT2D eigenvalue weighted by Gasteiger charge is 2.53. The van der Waals surface area contributed by atoms with Crippen molar-refractivity contribution >= 4 is 40.8 Å². The average Bonchev–Trinajstić information content (AvgIpc) is 2.99. The minimum Gasteiger partial charge on any atom is -0.485 e. The van der Waals surface area contributed by atoms with Crippen molar-refractivity contribution < 1.29 is 66.3 Å². The summed E-state index contributed by atoms with van der Waals surface area (Å²) < 4.78 is 49.9. The van der Waals surface area contributed by atoms with Crippen molar-refractivity contribution in [2.45, 2.75) is 98.9 Å². The van der Waals surface area contributed by atoms with Gasteiger partial charge < -0.3 is 42.3 Å². The Morgan fingerprint density at radius 2 is 1.40 bits per heavy atom. The fourth-order valence-electron chi connectivity index (χ4n) is 4.96. The van der Waals surface area contributed by atoms with Gasteiger partial charge in [0.1, 0.15) is 30.7 Å². The molecule has 50 heavy (non-hydrogen) atoms. The van der Waals surface area contributed by atoms with Crippen molar-refractivity contribution in [3.8, 4) is 17.2 Å². The lowest BCUT2D eigenvalue weighted by Crippen LogP contribution is -2.63. The van der Waals surface area contributed by atoms with E-state index in [-0.39, 0.29) is 29.1 Å². The first kappa shape index (κ1) is 39.3. The molecule has 1 aromatic carbocycles. The maximum Gasteiger partial charge on any atom is 0.383 e. The van der Waals surface area contributed by atoms with Crippen LogP contribution in [0.4, 0.5) is 0 Å². The van der Waals surface area contributed by atoms with Gasteiger partial charge in [-0.2, -0.15) is 0 Å². The van der Waals surface area contributed by atoms with E-state index in [1.165, 1.54) is 23.8 Å². The molecule has 2 heterocycles. The van der Waals surface area contributed by atoms with Gasteiger partial charge >= 0.3 is 35.5 Å². The summed E-state index contributed by atoms with van der Waals surface area (Å²) >= 11 is 0. The number of hydrogen-bond donors (Lipinski definition) is 0. The van der Waals surface area contributed by atoms with Crippen LogP contribution in [-0.4, -0.2) is 73.8 Å². The van der Waals surface area contributed by atoms with E-state index in [4.69, 9.17) is 42.3 Å². The lowest BCUT2D eigenvalue weighted by molar-refractivity contribution is -0.288. The van der Waals surface area contributed by atoms with E-state index < -0.39 is 78.5 Å². The van der Waals surface area contributed by atoms with E-state index in [1.54, 1.807) is 0 Å². The lowest BCUT2D eigenvalue weighted by atomic mass is 9.98. The molecular weight excluding hydrogens is 660 g/mol. The zero-order valence-corrected chi connectivity index (χ0v) is 29.2. The highest BCUT2D eigenvalue weighted by Crippen LogP contribution is 2.36. The smallest absolute Gasteiger partial charge is 0.383 e. The molecule has 15 nitrogen and oxygen atoms in total. The third-order valence-corrected chi connectivity index (χ3v) is 6.99. The molecule has 5 atom stereocenters. The number of rotatable bonds is 14. The standard InChI is InChI=1S/C35H42O15/c1-18(2)10-9-11-19(3)14-15-42-29-26-13-12-25(16-27(26)49-34(41)32(29)46-23(7)39)48-35-33(47-24(8)40)31(45-22(6)38)30(44-21(5)37)28(50-35)17-43-20(4)36/h10,12-14,16,28,30-31,33,35H,9,11,15,17H2,1-8H3/t28-,30+,31+,33-,35-/m1/s1. The van der Waals surface area contributed by atoms with Crippen molar-refractivity contribution in [1.29, 1.82) is 0 Å². The van der Waals surface area contributed by atoms with Crippen molar-refractivity contribution in [2.75, 3.05) is 13.2 Å². The fourth-order valence-corrected chi connectivity index (χ4v) is 4.96. The molecule has 0 spiro atoms. The molecule has 3 rings (SSSR count). The molecule has 272 valence electrons. The van der Waals surface area contributed by atoms with E-state index >= 15 is 0 Å². The number of hydrogen-bond acceptors (Lipinski definition) is 15. The Kier molecular flexibility index (Phi) is 14.1. The van der Waals surface area contributed by atoms with E-state index in [2.05, 4.69) is 6.08 Å². The van der Waals surface area contributed by atoms with Gasteiger partial charge in [-0.05, 0) is 51.8 Å². The third kappa shape index (κ3) is 11.5. The normalized spacial score (nSPS) is 20.2. The Morgan fingerprint density at radius 1 is 0.760 bits per heavy atom. The average molecular weight is 703 g/mol. The summed E-state index contributed by atoms with van der Waals surface area (Å²) in [5.74, 6) is -4.31. The summed E-state index contributed by atoms with van der Waals surface area (Å²) in [4.78, 5) is 72.8. The van der Waals surface area contributed by atoms with Gasteiger partial charge in [-0.3, -0.25) is 24.0 Å². The van der Waals surface area contributed by atoms with Gasteiger partial charge in [-0.1, -0.05) is 17.2 Å². The van der Waals surface area contributed by atoms with Crippen molar-refractivity contribution in [3.05, 3.63) is 51.9 Å². The molecule has 1 aliphatic heterocycles. The minimum atomic E-state index is -1.53. The Morgan fingerprint density at radius 3 is 2.00 bits per heavy atom. The molecule has 0 radical (unpaired) electrons. The fraction of sp³-hybridized carbons (Fsp3) is 0.486. The predicted molar refractivity (Wildman–Crippen MR) is 174 cm³/mol. The summed E-state index contributed by atoms with van der Waals surface area (Å²) in [5.41, 5.74) is 1.22. The number of fused-ring (bicyclic) bond motifs is 1. The molecule has 0 amide bonds. The van der Waals surface area contributed by atoms with Crippen LogP contribution in [-0.2, 0) is 47.7 Å². The first-order chi connectivity index (χ1) is 23.5. The first-order valence-corrected chi connectivity index (χ1v) is 15.7. The Hall–Kier alpha value is -5.18. The maximum atomic E-state index is 13.0. The van der Waals surface area contributed by atoms with Crippen molar-refractivity contribution in [2.24, 2.45) is 0 Å². The van der Waals surface area contributed by atoms with Crippen LogP contribution in [0.3, 0.4) is 0 Å². The summed E-state index contributed by atoms with van der Waals surface area (Å²) in [6, 6.07) is 4.24. The lowest BCUT2D eigenvalue weighted by Gasteiger charge is -2.43. The van der Waals surface area contributed by atoms with Crippen molar-refractivity contribution in [1.82, 2.24) is 0 Å². The maximum absolute atomic E-state index is 13.0. The summed E-state index contributed by atoms with van der Waals surface area (Å²) in [6.07, 6.45) is -1.49. The molecule has 0 saturated carbocycles. The zero-order valence-electron chi connectivity index (χ0n) is 29.2. The van der Waals surface area contributed by atoms with Crippen molar-refractivity contribution in [3.63, 3.8) is 0 Å². The van der Waals surface area contributed by atoms with Gasteiger partial charge in [-0.25, -0.2) is 4.79 Å². The molecule has 1 saturated heterocycles. The number of esters is 5. The number of carbonyl (C=O) groups is 5. The third-order valence-electron chi connectivity index (χ3n) is 6.99. The van der Waals surface area contributed by atoms with E-state index in [0.29, 0.717) is 0 Å². The van der Waals surface area contributed by atoms with Crippen LogP contribution in [0.5, 0.6) is 17.2 Å². The van der Waals surface area contributed by atoms with Gasteiger partial charge in [0.2, 0.25) is 12.4 Å². The molecule has 15 heteroatoms. The summed E-state index contributed by atoms with van der Waals surface area (Å²) in [6.45, 7) is 11.2. The molecule has 1 fully saturated rings. The molecule has 2 aromatic rings. The minimum absolute atomic E-state index is 0.0164. The van der Waals surface area contributed by atoms with Gasteiger partial charge in [-0.15, -0.1) is 0 Å². The van der Waals surface area contributed by atoms with Gasteiger partial charge in [0.25, 0.3) is 5.75 Å². The van der Waals surface area contributed by atoms with Crippen LogP contribution in [0.2, 0.25) is 0 Å². The number of benzene rings is 1. The molecule has 0 unspecified atom stereocenters. The van der Waals surface area contributed by atoms with E-state index in [0.717, 1.165) is 53.0 Å². The molecule has 0 aliphatic carbocycles. The molecule has 0 bridgehead atoms. The number of carbonyl (C=O) groups excluding carboxylic acids is 5. The number of allylic oxidation sites excluding steroid dienone is 3. The Labute approximate surface area is 288 Å². The molecule has 1 aromatic heterocycles. The van der Waals surface area contributed by atoms with Crippen LogP contribution in [0.25, 0.3) is 11.0 Å². The zero-order chi connectivity index (χ0) is 37.1. The highest BCUT2D eigenvalue weighted by molar-refractivity contribution is 5.87. The van der Waals surface area contributed by atoms with Crippen LogP contribution >= 0.6 is 0 Å². The summed E-state index contributed by atoms with van der Waals surface area (Å²) in [7, 11) is 0. The van der Waals surface area contributed by atoms with Crippen LogP contribution in [0, 0.1) is 0 Å². The van der Waals surface area contributed by atoms with Crippen LogP contribution in [0.1, 0.15) is 68.2 Å². The largest absolute Gasteiger partial charge is 0.485 e. The van der Waals surface area contributed by atoms with Gasteiger partial charge in [0.15, 0.2) is 18.0 Å². The van der Waals surface area contributed by atoms with E-state index in [9.17, 15) is 28.8 Å². The molecule has 1 aliphatic rings. The predicted octanol–water partition coefficient (Wildman–Crippen LogP) is 4.25. The molecular formula is C35H42O15. The van der Waals surface area contributed by atoms with Crippen LogP contribution < -0.4 is 19.8 Å². The monoisotopic (exact) mass is 702 g/mol. The van der Waals surface area contributed by atoms with Gasteiger partial charge in [0.05, 0.1) is 5.39 Å². The SMILES string of the molecule is CC(=O)OC[C@H]1O[C@@H](Oc2ccc3c(OCC=C(C)CCC=C(C)C)c(OC(C)=O)c(=O)oc3c2)[C@H](OC(C)=O)[C@@H](OC(C)=O)[C@H]1OC(C)=O. The van der Waals surface area contributed by atoms with Gasteiger partial charge in [0, 0.05) is 40.7 Å². The quantitative estimate of drug-likeness (QED) is 0.117. The second kappa shape index (κ2) is 18.0. The molecule has 0 N–H and O–H groups in total. The second-order valence-corrected chi connectivity index (χ2v) is 11.7. The topological polar surface area (TPSA) is 189 Å². The Balaban J connectivity index is 2.03. The van der Waals surface area contributed by atoms with E-state index in [1.807, 2.05) is 26.8 Å². The van der Waals surface area contributed by atoms with Crippen LogP contribution in [0.15, 0.2) is 50.7 Å². The first-order valence-electron chi connectivity index (χ1n) is 15.7. The number of ether oxygens (including phenoxy) is 8. The summed E-state index contributed by atoms with van der Waals surface area (Å²) in [5, 5.41) is 0.255.